The molecule has 0 radical (unpaired) electrons. The van der Waals surface area contributed by atoms with Crippen molar-refractivity contribution in [3.05, 3.63) is 29.2 Å². The second-order valence-corrected chi connectivity index (χ2v) is 8.31. The van der Waals surface area contributed by atoms with E-state index in [1.54, 1.807) is 20.1 Å². The lowest BCUT2D eigenvalue weighted by molar-refractivity contribution is -0.142. The average Bonchev–Trinajstić information content (AvgIpc) is 3.38. The molecule has 6 nitrogen and oxygen atoms in total. The minimum Gasteiger partial charge on any atom is -0.381 e. The maximum atomic E-state index is 13.5. The van der Waals surface area contributed by atoms with Crippen molar-refractivity contribution in [2.75, 3.05) is 20.2 Å². The van der Waals surface area contributed by atoms with Crippen LogP contribution in [0.3, 0.4) is 0 Å². The maximum absolute atomic E-state index is 13.5. The van der Waals surface area contributed by atoms with Crippen LogP contribution in [0, 0.1) is 5.92 Å². The summed E-state index contributed by atoms with van der Waals surface area (Å²) in [5.41, 5.74) is 0.343. The van der Waals surface area contributed by atoms with Crippen molar-refractivity contribution in [2.45, 2.75) is 63.6 Å². The summed E-state index contributed by atoms with van der Waals surface area (Å²) in [5.74, 6) is 0.0168. The van der Waals surface area contributed by atoms with Crippen molar-refractivity contribution in [3.8, 4) is 0 Å². The van der Waals surface area contributed by atoms with Crippen LogP contribution < -0.4 is 0 Å². The highest BCUT2D eigenvalue weighted by Gasteiger charge is 2.37. The molecule has 2 fully saturated rings. The number of carbonyl (C=O) groups is 1. The predicted octanol–water partition coefficient (Wildman–Crippen LogP) is 3.83. The number of hydrogen-bond donors (Lipinski definition) is 0. The number of likely N-dealkylation sites (tertiary alicyclic amines) is 1. The zero-order chi connectivity index (χ0) is 21.5. The molecule has 1 aliphatic carbocycles. The molecule has 1 saturated heterocycles. The van der Waals surface area contributed by atoms with Gasteiger partial charge in [-0.05, 0) is 38.2 Å². The molecule has 2 aromatic rings. The predicted molar refractivity (Wildman–Crippen MR) is 104 cm³/mol. The monoisotopic (exact) mass is 424 g/mol. The number of alkyl halides is 3. The van der Waals surface area contributed by atoms with Gasteiger partial charge in [0.15, 0.2) is 5.65 Å². The molecule has 164 valence electrons. The molecule has 2 aliphatic rings. The lowest BCUT2D eigenvalue weighted by Gasteiger charge is -2.30. The van der Waals surface area contributed by atoms with Gasteiger partial charge in [0.05, 0.1) is 11.8 Å². The molecule has 0 aromatic carbocycles. The SMILES string of the molecule is CCc1cc(C(F)(F)F)n2nc([C@@H]3CCN(C(=O)[C@@H]4CCC[C@@H](OC)C4)C3)cc2n1. The molecule has 0 spiro atoms. The molecule has 2 aromatic heterocycles. The number of ether oxygens (including phenoxy) is 1. The maximum Gasteiger partial charge on any atom is 0.433 e. The Balaban J connectivity index is 1.53. The van der Waals surface area contributed by atoms with E-state index in [4.69, 9.17) is 4.74 Å². The quantitative estimate of drug-likeness (QED) is 0.749. The van der Waals surface area contributed by atoms with E-state index in [0.717, 1.165) is 36.3 Å². The smallest absolute Gasteiger partial charge is 0.381 e. The zero-order valence-corrected chi connectivity index (χ0v) is 17.3. The topological polar surface area (TPSA) is 59.7 Å². The molecule has 0 bridgehead atoms. The Kier molecular flexibility index (Phi) is 5.74. The van der Waals surface area contributed by atoms with Gasteiger partial charge in [0.1, 0.15) is 5.69 Å². The molecule has 9 heteroatoms. The van der Waals surface area contributed by atoms with Crippen molar-refractivity contribution < 1.29 is 22.7 Å². The molecular weight excluding hydrogens is 397 g/mol. The van der Waals surface area contributed by atoms with Crippen LogP contribution >= 0.6 is 0 Å². The minimum absolute atomic E-state index is 0.0332. The Hall–Kier alpha value is -2.16. The van der Waals surface area contributed by atoms with Crippen LogP contribution in [0.1, 0.15) is 62.0 Å². The number of aryl methyl sites for hydroxylation is 1. The fourth-order valence-corrected chi connectivity index (χ4v) is 4.67. The Labute approximate surface area is 173 Å². The highest BCUT2D eigenvalue weighted by molar-refractivity contribution is 5.79. The number of rotatable bonds is 4. The third-order valence-corrected chi connectivity index (χ3v) is 6.38. The number of amides is 1. The Morgan fingerprint density at radius 2 is 2.07 bits per heavy atom. The standard InChI is InChI=1S/C21H27F3N4O2/c1-3-15-10-18(21(22,23)24)28-19(25-15)11-17(26-28)14-7-8-27(12-14)20(29)13-5-4-6-16(9-13)30-2/h10-11,13-14,16H,3-9,12H2,1-2H3/t13-,14-,16-/m1/s1. The molecule has 3 heterocycles. The number of fused-ring (bicyclic) bond motifs is 1. The fraction of sp³-hybridized carbons (Fsp3) is 0.667. The summed E-state index contributed by atoms with van der Waals surface area (Å²) in [4.78, 5) is 19.1. The first-order chi connectivity index (χ1) is 14.3. The summed E-state index contributed by atoms with van der Waals surface area (Å²) in [6.07, 6.45) is 0.293. The van der Waals surface area contributed by atoms with Crippen molar-refractivity contribution >= 4 is 11.6 Å². The highest BCUT2D eigenvalue weighted by Crippen LogP contribution is 2.34. The van der Waals surface area contributed by atoms with Crippen LogP contribution in [-0.4, -0.2) is 51.7 Å². The number of aromatic nitrogens is 3. The van der Waals surface area contributed by atoms with Crippen LogP contribution in [0.25, 0.3) is 5.65 Å². The molecular formula is C21H27F3N4O2. The second kappa shape index (κ2) is 8.17. The van der Waals surface area contributed by atoms with Crippen molar-refractivity contribution in [1.29, 1.82) is 0 Å². The van der Waals surface area contributed by atoms with Gasteiger partial charge < -0.3 is 9.64 Å². The van der Waals surface area contributed by atoms with Crippen LogP contribution in [0.4, 0.5) is 13.2 Å². The molecule has 4 rings (SSSR count). The Morgan fingerprint density at radius 3 is 2.77 bits per heavy atom. The van der Waals surface area contributed by atoms with Gasteiger partial charge in [-0.25, -0.2) is 9.50 Å². The first-order valence-corrected chi connectivity index (χ1v) is 10.6. The van der Waals surface area contributed by atoms with E-state index < -0.39 is 11.9 Å². The number of carbonyl (C=O) groups excluding carboxylic acids is 1. The summed E-state index contributed by atoms with van der Waals surface area (Å²) in [5, 5.41) is 4.24. The van der Waals surface area contributed by atoms with E-state index >= 15 is 0 Å². The van der Waals surface area contributed by atoms with Crippen molar-refractivity contribution in [1.82, 2.24) is 19.5 Å². The van der Waals surface area contributed by atoms with Gasteiger partial charge >= 0.3 is 6.18 Å². The summed E-state index contributed by atoms with van der Waals surface area (Å²) >= 11 is 0. The van der Waals surface area contributed by atoms with E-state index in [9.17, 15) is 18.0 Å². The molecule has 1 aliphatic heterocycles. The normalized spacial score (nSPS) is 25.2. The van der Waals surface area contributed by atoms with Gasteiger partial charge in [-0.2, -0.15) is 18.3 Å². The number of hydrogen-bond acceptors (Lipinski definition) is 4. The molecule has 0 N–H and O–H groups in total. The van der Waals surface area contributed by atoms with Crippen LogP contribution in [-0.2, 0) is 22.1 Å². The van der Waals surface area contributed by atoms with E-state index in [1.807, 2.05) is 4.90 Å². The van der Waals surface area contributed by atoms with Gasteiger partial charge in [-0.3, -0.25) is 4.79 Å². The Bertz CT molecular complexity index is 927. The molecule has 1 saturated carbocycles. The van der Waals surface area contributed by atoms with Gasteiger partial charge in [0, 0.05) is 43.8 Å². The van der Waals surface area contributed by atoms with Gasteiger partial charge in [-0.1, -0.05) is 13.3 Å². The molecule has 0 unspecified atom stereocenters. The first-order valence-electron chi connectivity index (χ1n) is 10.6. The lowest BCUT2D eigenvalue weighted by Crippen LogP contribution is -2.38. The third-order valence-electron chi connectivity index (χ3n) is 6.38. The van der Waals surface area contributed by atoms with E-state index in [1.165, 1.54) is 0 Å². The van der Waals surface area contributed by atoms with Gasteiger partial charge in [-0.15, -0.1) is 0 Å². The van der Waals surface area contributed by atoms with Crippen LogP contribution in [0.5, 0.6) is 0 Å². The number of methoxy groups -OCH3 is 1. The van der Waals surface area contributed by atoms with E-state index in [-0.39, 0.29) is 29.5 Å². The highest BCUT2D eigenvalue weighted by atomic mass is 19.4. The molecule has 1 amide bonds. The summed E-state index contributed by atoms with van der Waals surface area (Å²) in [6, 6.07) is 2.69. The lowest BCUT2D eigenvalue weighted by atomic mass is 9.86. The van der Waals surface area contributed by atoms with Crippen molar-refractivity contribution in [2.24, 2.45) is 5.92 Å². The summed E-state index contributed by atoms with van der Waals surface area (Å²) < 4.78 is 46.8. The Morgan fingerprint density at radius 1 is 1.27 bits per heavy atom. The molecule has 3 atom stereocenters. The van der Waals surface area contributed by atoms with Gasteiger partial charge in [0.2, 0.25) is 5.91 Å². The average molecular weight is 424 g/mol. The van der Waals surface area contributed by atoms with Crippen LogP contribution in [0.15, 0.2) is 12.1 Å². The zero-order valence-electron chi connectivity index (χ0n) is 17.3. The summed E-state index contributed by atoms with van der Waals surface area (Å²) in [7, 11) is 1.68. The largest absolute Gasteiger partial charge is 0.433 e. The first kappa shape index (κ1) is 21.1. The minimum atomic E-state index is -4.51. The summed E-state index contributed by atoms with van der Waals surface area (Å²) in [6.45, 7) is 2.86. The van der Waals surface area contributed by atoms with Crippen LogP contribution in [0.2, 0.25) is 0 Å². The second-order valence-electron chi connectivity index (χ2n) is 8.31. The third kappa shape index (κ3) is 4.04. The van der Waals surface area contributed by atoms with Gasteiger partial charge in [0.25, 0.3) is 0 Å². The number of nitrogens with zero attached hydrogens (tertiary/aromatic N) is 4. The fourth-order valence-electron chi connectivity index (χ4n) is 4.67. The number of halogens is 3. The van der Waals surface area contributed by atoms with E-state index in [2.05, 4.69) is 10.1 Å². The molecule has 30 heavy (non-hydrogen) atoms. The van der Waals surface area contributed by atoms with E-state index in [0.29, 0.717) is 37.3 Å². The van der Waals surface area contributed by atoms with Crippen molar-refractivity contribution in [3.63, 3.8) is 0 Å².